The number of methoxy groups -OCH3 is 1. The van der Waals surface area contributed by atoms with Gasteiger partial charge >= 0.3 is 5.97 Å². The highest BCUT2D eigenvalue weighted by atomic mass is 79.9. The number of thiophene rings is 1. The van der Waals surface area contributed by atoms with Gasteiger partial charge in [-0.05, 0) is 34.5 Å². The van der Waals surface area contributed by atoms with E-state index in [1.807, 2.05) is 12.1 Å². The fourth-order valence-corrected chi connectivity index (χ4v) is 2.56. The molecule has 0 aliphatic carbocycles. The molecule has 0 radical (unpaired) electrons. The largest absolute Gasteiger partial charge is 0.469 e. The molecule has 4 nitrogen and oxygen atoms in total. The van der Waals surface area contributed by atoms with Gasteiger partial charge in [0.15, 0.2) is 0 Å². The van der Waals surface area contributed by atoms with E-state index < -0.39 is 5.97 Å². The van der Waals surface area contributed by atoms with Crippen LogP contribution >= 0.6 is 27.3 Å². The third-order valence-corrected chi connectivity index (χ3v) is 3.54. The minimum absolute atomic E-state index is 0.218. The Morgan fingerprint density at radius 3 is 2.81 bits per heavy atom. The van der Waals surface area contributed by atoms with Crippen LogP contribution < -0.4 is 5.32 Å². The lowest BCUT2D eigenvalue weighted by molar-refractivity contribution is -0.143. The van der Waals surface area contributed by atoms with Gasteiger partial charge in [-0.25, -0.2) is 0 Å². The Balaban J connectivity index is 2.20. The number of halogens is 1. The van der Waals surface area contributed by atoms with Gasteiger partial charge in [0.2, 0.25) is 5.91 Å². The summed E-state index contributed by atoms with van der Waals surface area (Å²) in [5.41, 5.74) is 0. The fraction of sp³-hybridized carbons (Fsp3) is 0.400. The van der Waals surface area contributed by atoms with Crippen LogP contribution in [0.4, 0.5) is 0 Å². The van der Waals surface area contributed by atoms with Gasteiger partial charge in [0, 0.05) is 11.4 Å². The number of carbonyl (C=O) groups excluding carboxylic acids is 2. The lowest BCUT2D eigenvalue weighted by Crippen LogP contribution is -2.27. The Morgan fingerprint density at radius 2 is 2.25 bits per heavy atom. The predicted molar refractivity (Wildman–Crippen MR) is 65.4 cm³/mol. The highest BCUT2D eigenvalue weighted by molar-refractivity contribution is 9.11. The van der Waals surface area contributed by atoms with Crippen molar-refractivity contribution >= 4 is 39.1 Å². The lowest BCUT2D eigenvalue weighted by Gasteiger charge is -2.02. The normalized spacial score (nSPS) is 9.88. The van der Waals surface area contributed by atoms with Crippen molar-refractivity contribution in [2.75, 3.05) is 13.7 Å². The van der Waals surface area contributed by atoms with Gasteiger partial charge < -0.3 is 10.1 Å². The molecule has 0 fully saturated rings. The zero-order chi connectivity index (χ0) is 12.0. The number of rotatable bonds is 5. The molecule has 16 heavy (non-hydrogen) atoms. The third-order valence-electron chi connectivity index (χ3n) is 1.85. The van der Waals surface area contributed by atoms with Crippen LogP contribution in [0.5, 0.6) is 0 Å². The molecule has 0 atom stereocenters. The molecule has 88 valence electrons. The zero-order valence-corrected chi connectivity index (χ0v) is 11.2. The molecule has 0 bridgehead atoms. The van der Waals surface area contributed by atoms with E-state index in [9.17, 15) is 9.59 Å². The SMILES string of the molecule is COC(=O)CC(=O)NCCc1ccc(Br)s1. The first-order valence-electron chi connectivity index (χ1n) is 4.69. The van der Waals surface area contributed by atoms with E-state index in [0.717, 1.165) is 10.2 Å². The van der Waals surface area contributed by atoms with Gasteiger partial charge in [0.1, 0.15) is 6.42 Å². The molecule has 0 aromatic carbocycles. The van der Waals surface area contributed by atoms with E-state index in [1.165, 1.54) is 12.0 Å². The second kappa shape index (κ2) is 6.65. The number of amides is 1. The summed E-state index contributed by atoms with van der Waals surface area (Å²) < 4.78 is 5.46. The average molecular weight is 306 g/mol. The Bertz CT molecular complexity index is 378. The van der Waals surface area contributed by atoms with E-state index in [0.29, 0.717) is 6.54 Å². The topological polar surface area (TPSA) is 55.4 Å². The molecule has 0 aliphatic heterocycles. The maximum atomic E-state index is 11.2. The molecule has 0 saturated carbocycles. The summed E-state index contributed by atoms with van der Waals surface area (Å²) in [6.07, 6.45) is 0.549. The minimum atomic E-state index is -0.517. The standard InChI is InChI=1S/C10H12BrNO3S/c1-15-10(14)6-9(13)12-5-4-7-2-3-8(11)16-7/h2-3H,4-6H2,1H3,(H,12,13). The van der Waals surface area contributed by atoms with Crippen LogP contribution in [-0.4, -0.2) is 25.5 Å². The molecule has 1 amide bonds. The molecular weight excluding hydrogens is 294 g/mol. The highest BCUT2D eigenvalue weighted by Gasteiger charge is 2.08. The van der Waals surface area contributed by atoms with E-state index >= 15 is 0 Å². The van der Waals surface area contributed by atoms with E-state index in [-0.39, 0.29) is 12.3 Å². The van der Waals surface area contributed by atoms with Gasteiger partial charge in [0.05, 0.1) is 10.9 Å². The Hall–Kier alpha value is -0.880. The summed E-state index contributed by atoms with van der Waals surface area (Å²) >= 11 is 5.00. The van der Waals surface area contributed by atoms with Crippen LogP contribution in [0, 0.1) is 0 Å². The van der Waals surface area contributed by atoms with Crippen LogP contribution in [0.2, 0.25) is 0 Å². The Morgan fingerprint density at radius 1 is 1.50 bits per heavy atom. The molecular formula is C10H12BrNO3S. The molecule has 0 unspecified atom stereocenters. The number of ether oxygens (including phenoxy) is 1. The average Bonchev–Trinajstić information content (AvgIpc) is 2.64. The summed E-state index contributed by atoms with van der Waals surface area (Å²) in [6.45, 7) is 0.531. The van der Waals surface area contributed by atoms with Crippen molar-refractivity contribution in [2.45, 2.75) is 12.8 Å². The number of carbonyl (C=O) groups is 2. The fourth-order valence-electron chi connectivity index (χ4n) is 1.08. The number of nitrogens with one attached hydrogen (secondary N) is 1. The first kappa shape index (κ1) is 13.2. The van der Waals surface area contributed by atoms with Crippen LogP contribution in [-0.2, 0) is 20.7 Å². The van der Waals surface area contributed by atoms with Crippen LogP contribution in [0.25, 0.3) is 0 Å². The van der Waals surface area contributed by atoms with Crippen molar-refractivity contribution in [3.63, 3.8) is 0 Å². The molecule has 6 heteroatoms. The van der Waals surface area contributed by atoms with E-state index in [2.05, 4.69) is 26.0 Å². The smallest absolute Gasteiger partial charge is 0.315 e. The molecule has 0 saturated heterocycles. The lowest BCUT2D eigenvalue weighted by atomic mass is 10.3. The van der Waals surface area contributed by atoms with Gasteiger partial charge in [0.25, 0.3) is 0 Å². The molecule has 1 heterocycles. The van der Waals surface area contributed by atoms with E-state index in [4.69, 9.17) is 0 Å². The molecule has 1 N–H and O–H groups in total. The predicted octanol–water partition coefficient (Wildman–Crippen LogP) is 1.73. The molecule has 1 aromatic rings. The summed E-state index contributed by atoms with van der Waals surface area (Å²) in [6, 6.07) is 3.97. The number of hydrogen-bond donors (Lipinski definition) is 1. The Labute approximate surface area is 106 Å². The summed E-state index contributed by atoms with van der Waals surface area (Å²) in [7, 11) is 1.26. The van der Waals surface area contributed by atoms with Crippen molar-refractivity contribution < 1.29 is 14.3 Å². The monoisotopic (exact) mass is 305 g/mol. The molecule has 1 aromatic heterocycles. The maximum Gasteiger partial charge on any atom is 0.315 e. The minimum Gasteiger partial charge on any atom is -0.469 e. The summed E-state index contributed by atoms with van der Waals surface area (Å²) in [5.74, 6) is -0.821. The highest BCUT2D eigenvalue weighted by Crippen LogP contribution is 2.21. The summed E-state index contributed by atoms with van der Waals surface area (Å²) in [5, 5.41) is 2.66. The van der Waals surface area contributed by atoms with Gasteiger partial charge in [-0.15, -0.1) is 11.3 Å². The summed E-state index contributed by atoms with van der Waals surface area (Å²) in [4.78, 5) is 23.1. The quantitative estimate of drug-likeness (QED) is 0.666. The van der Waals surface area contributed by atoms with Gasteiger partial charge in [-0.2, -0.15) is 0 Å². The molecule has 0 aliphatic rings. The maximum absolute atomic E-state index is 11.2. The second-order valence-electron chi connectivity index (χ2n) is 3.06. The van der Waals surface area contributed by atoms with Crippen molar-refractivity contribution in [3.8, 4) is 0 Å². The zero-order valence-electron chi connectivity index (χ0n) is 8.79. The Kier molecular flexibility index (Phi) is 5.48. The van der Waals surface area contributed by atoms with Crippen LogP contribution in [0.15, 0.2) is 15.9 Å². The van der Waals surface area contributed by atoms with Crippen molar-refractivity contribution in [1.29, 1.82) is 0 Å². The van der Waals surface area contributed by atoms with E-state index in [1.54, 1.807) is 11.3 Å². The third kappa shape index (κ3) is 4.76. The van der Waals surface area contributed by atoms with Gasteiger partial charge in [-0.3, -0.25) is 9.59 Å². The van der Waals surface area contributed by atoms with Gasteiger partial charge in [-0.1, -0.05) is 0 Å². The van der Waals surface area contributed by atoms with Crippen molar-refractivity contribution in [2.24, 2.45) is 0 Å². The first-order valence-corrected chi connectivity index (χ1v) is 6.30. The number of esters is 1. The van der Waals surface area contributed by atoms with Crippen molar-refractivity contribution in [3.05, 3.63) is 20.8 Å². The van der Waals surface area contributed by atoms with Crippen LogP contribution in [0.1, 0.15) is 11.3 Å². The molecule has 0 spiro atoms. The van der Waals surface area contributed by atoms with Crippen LogP contribution in [0.3, 0.4) is 0 Å². The van der Waals surface area contributed by atoms with Crippen molar-refractivity contribution in [1.82, 2.24) is 5.32 Å². The number of hydrogen-bond acceptors (Lipinski definition) is 4. The second-order valence-corrected chi connectivity index (χ2v) is 5.61. The first-order chi connectivity index (χ1) is 7.61. The molecule has 1 rings (SSSR count).